The minimum atomic E-state index is -0.901. The predicted octanol–water partition coefficient (Wildman–Crippen LogP) is 3.14. The summed E-state index contributed by atoms with van der Waals surface area (Å²) in [6.07, 6.45) is 0.831. The van der Waals surface area contributed by atoms with Crippen LogP contribution in [0.1, 0.15) is 38.8 Å². The number of carbonyl (C=O) groups excluding carboxylic acids is 1. The molecule has 2 atom stereocenters. The van der Waals surface area contributed by atoms with Crippen LogP contribution in [0, 0.1) is 11.8 Å². The maximum atomic E-state index is 12.3. The lowest BCUT2D eigenvalue weighted by molar-refractivity contribution is -0.141. The fourth-order valence-corrected chi connectivity index (χ4v) is 2.27. The fraction of sp³-hybridized carbons (Fsp3) is 0.529. The molecule has 1 aromatic carbocycles. The maximum Gasteiger partial charge on any atom is 0.317 e. The number of amides is 2. The first kappa shape index (κ1) is 18.0. The third-order valence-corrected chi connectivity index (χ3v) is 3.52. The third kappa shape index (κ3) is 5.76. The highest BCUT2D eigenvalue weighted by Crippen LogP contribution is 2.21. The Morgan fingerprint density at radius 3 is 2.27 bits per heavy atom. The molecule has 5 nitrogen and oxygen atoms in total. The molecule has 0 heterocycles. The lowest BCUT2D eigenvalue weighted by Gasteiger charge is -2.26. The van der Waals surface area contributed by atoms with E-state index in [0.29, 0.717) is 5.92 Å². The summed E-state index contributed by atoms with van der Waals surface area (Å²) in [5.41, 5.74) is 1.06. The number of nitrogens with zero attached hydrogens (tertiary/aromatic N) is 1. The van der Waals surface area contributed by atoms with Gasteiger partial charge in [0, 0.05) is 13.6 Å². The van der Waals surface area contributed by atoms with Gasteiger partial charge in [-0.15, -0.1) is 0 Å². The Balaban J connectivity index is 2.73. The van der Waals surface area contributed by atoms with E-state index in [4.69, 9.17) is 5.11 Å². The van der Waals surface area contributed by atoms with Crippen molar-refractivity contribution in [3.8, 4) is 0 Å². The largest absolute Gasteiger partial charge is 0.481 e. The SMILES string of the molecule is CC(C)CC(NC(=O)N(C)CC(C)C(=O)O)c1ccccc1. The average molecular weight is 306 g/mol. The van der Waals surface area contributed by atoms with E-state index in [1.807, 2.05) is 30.3 Å². The van der Waals surface area contributed by atoms with Crippen molar-refractivity contribution in [1.29, 1.82) is 0 Å². The van der Waals surface area contributed by atoms with Crippen molar-refractivity contribution in [2.24, 2.45) is 11.8 Å². The number of benzene rings is 1. The second-order valence-corrected chi connectivity index (χ2v) is 6.16. The van der Waals surface area contributed by atoms with Gasteiger partial charge in [0.2, 0.25) is 0 Å². The first-order valence-electron chi connectivity index (χ1n) is 7.60. The number of carboxylic acids is 1. The van der Waals surface area contributed by atoms with Crippen molar-refractivity contribution in [3.05, 3.63) is 35.9 Å². The van der Waals surface area contributed by atoms with Gasteiger partial charge in [-0.05, 0) is 17.9 Å². The van der Waals surface area contributed by atoms with Gasteiger partial charge in [0.1, 0.15) is 0 Å². The smallest absolute Gasteiger partial charge is 0.317 e. The summed E-state index contributed by atoms with van der Waals surface area (Å²) < 4.78 is 0. The van der Waals surface area contributed by atoms with Gasteiger partial charge in [0.25, 0.3) is 0 Å². The third-order valence-electron chi connectivity index (χ3n) is 3.52. The molecule has 1 aromatic rings. The van der Waals surface area contributed by atoms with Gasteiger partial charge in [-0.2, -0.15) is 0 Å². The Bertz CT molecular complexity index is 488. The molecule has 1 rings (SSSR count). The van der Waals surface area contributed by atoms with Gasteiger partial charge in [0.15, 0.2) is 0 Å². The van der Waals surface area contributed by atoms with Crippen LogP contribution in [0.4, 0.5) is 4.79 Å². The molecule has 2 unspecified atom stereocenters. The molecule has 0 aliphatic rings. The van der Waals surface area contributed by atoms with E-state index in [1.54, 1.807) is 14.0 Å². The topological polar surface area (TPSA) is 69.6 Å². The number of carbonyl (C=O) groups is 2. The Labute approximate surface area is 132 Å². The number of hydrogen-bond acceptors (Lipinski definition) is 2. The zero-order chi connectivity index (χ0) is 16.7. The van der Waals surface area contributed by atoms with Gasteiger partial charge in [0.05, 0.1) is 12.0 Å². The number of urea groups is 1. The summed E-state index contributed by atoms with van der Waals surface area (Å²) in [6.45, 7) is 6.00. The molecule has 0 spiro atoms. The highest BCUT2D eigenvalue weighted by Gasteiger charge is 2.21. The van der Waals surface area contributed by atoms with Crippen LogP contribution in [0.2, 0.25) is 0 Å². The number of rotatable bonds is 7. The minimum Gasteiger partial charge on any atom is -0.481 e. The number of aliphatic carboxylic acids is 1. The van der Waals surface area contributed by atoms with Crippen LogP contribution >= 0.6 is 0 Å². The molecule has 2 N–H and O–H groups in total. The van der Waals surface area contributed by atoms with E-state index in [9.17, 15) is 9.59 Å². The predicted molar refractivity (Wildman–Crippen MR) is 86.6 cm³/mol. The Kier molecular flexibility index (Phi) is 6.89. The lowest BCUT2D eigenvalue weighted by atomic mass is 9.97. The zero-order valence-electron chi connectivity index (χ0n) is 13.7. The number of hydrogen-bond donors (Lipinski definition) is 2. The molecule has 0 fully saturated rings. The summed E-state index contributed by atoms with van der Waals surface area (Å²) in [7, 11) is 1.62. The normalized spacial score (nSPS) is 13.5. The summed E-state index contributed by atoms with van der Waals surface area (Å²) in [5.74, 6) is -1.05. The van der Waals surface area contributed by atoms with E-state index in [0.717, 1.165) is 12.0 Å². The molecular formula is C17H26N2O3. The Hall–Kier alpha value is -2.04. The molecule has 0 aliphatic carbocycles. The average Bonchev–Trinajstić information content (AvgIpc) is 2.46. The summed E-state index contributed by atoms with van der Waals surface area (Å²) >= 11 is 0. The van der Waals surface area contributed by atoms with E-state index in [-0.39, 0.29) is 18.6 Å². The van der Waals surface area contributed by atoms with Gasteiger partial charge < -0.3 is 15.3 Å². The molecule has 0 radical (unpaired) electrons. The van der Waals surface area contributed by atoms with Crippen molar-refractivity contribution in [3.63, 3.8) is 0 Å². The monoisotopic (exact) mass is 306 g/mol. The van der Waals surface area contributed by atoms with Crippen LogP contribution in [0.3, 0.4) is 0 Å². The molecule has 0 saturated carbocycles. The second kappa shape index (κ2) is 8.41. The van der Waals surface area contributed by atoms with Crippen LogP contribution in [0.25, 0.3) is 0 Å². The van der Waals surface area contributed by atoms with Gasteiger partial charge in [-0.25, -0.2) is 4.79 Å². The van der Waals surface area contributed by atoms with Gasteiger partial charge >= 0.3 is 12.0 Å². The molecule has 22 heavy (non-hydrogen) atoms. The van der Waals surface area contributed by atoms with Crippen LogP contribution < -0.4 is 5.32 Å². The molecule has 2 amide bonds. The van der Waals surface area contributed by atoms with Crippen LogP contribution in [0.5, 0.6) is 0 Å². The van der Waals surface area contributed by atoms with E-state index in [1.165, 1.54) is 4.90 Å². The molecule has 0 saturated heterocycles. The molecule has 0 bridgehead atoms. The molecule has 0 aromatic heterocycles. The molecule has 0 aliphatic heterocycles. The highest BCUT2D eigenvalue weighted by molar-refractivity contribution is 5.76. The Morgan fingerprint density at radius 1 is 1.18 bits per heavy atom. The van der Waals surface area contributed by atoms with E-state index in [2.05, 4.69) is 19.2 Å². The van der Waals surface area contributed by atoms with Crippen LogP contribution in [-0.2, 0) is 4.79 Å². The number of carboxylic acid groups (broad SMARTS) is 1. The lowest BCUT2D eigenvalue weighted by Crippen LogP contribution is -2.42. The van der Waals surface area contributed by atoms with E-state index >= 15 is 0 Å². The molecule has 122 valence electrons. The Morgan fingerprint density at radius 2 is 1.77 bits per heavy atom. The molecule has 5 heteroatoms. The molecular weight excluding hydrogens is 280 g/mol. The second-order valence-electron chi connectivity index (χ2n) is 6.16. The summed E-state index contributed by atoms with van der Waals surface area (Å²) in [6, 6.07) is 9.51. The van der Waals surface area contributed by atoms with Crippen molar-refractivity contribution in [2.75, 3.05) is 13.6 Å². The highest BCUT2D eigenvalue weighted by atomic mass is 16.4. The number of nitrogens with one attached hydrogen (secondary N) is 1. The standard InChI is InChI=1S/C17H26N2O3/c1-12(2)10-15(14-8-6-5-7-9-14)18-17(22)19(4)11-13(3)16(20)21/h5-9,12-13,15H,10-11H2,1-4H3,(H,18,22)(H,20,21). The van der Waals surface area contributed by atoms with Crippen molar-refractivity contribution < 1.29 is 14.7 Å². The van der Waals surface area contributed by atoms with Gasteiger partial charge in [-0.1, -0.05) is 51.1 Å². The van der Waals surface area contributed by atoms with Crippen LogP contribution in [-0.4, -0.2) is 35.6 Å². The minimum absolute atomic E-state index is 0.0729. The van der Waals surface area contributed by atoms with Crippen molar-refractivity contribution >= 4 is 12.0 Å². The maximum absolute atomic E-state index is 12.3. The summed E-state index contributed by atoms with van der Waals surface area (Å²) in [5, 5.41) is 11.9. The zero-order valence-corrected chi connectivity index (χ0v) is 13.7. The first-order valence-corrected chi connectivity index (χ1v) is 7.60. The van der Waals surface area contributed by atoms with Crippen molar-refractivity contribution in [2.45, 2.75) is 33.2 Å². The fourth-order valence-electron chi connectivity index (χ4n) is 2.27. The summed E-state index contributed by atoms with van der Waals surface area (Å²) in [4.78, 5) is 24.6. The van der Waals surface area contributed by atoms with Crippen molar-refractivity contribution in [1.82, 2.24) is 10.2 Å². The van der Waals surface area contributed by atoms with E-state index < -0.39 is 11.9 Å². The first-order chi connectivity index (χ1) is 10.3. The quantitative estimate of drug-likeness (QED) is 0.813. The van der Waals surface area contributed by atoms with Crippen LogP contribution in [0.15, 0.2) is 30.3 Å². The van der Waals surface area contributed by atoms with Gasteiger partial charge in [-0.3, -0.25) is 4.79 Å².